The number of hydrogen-bond acceptors (Lipinski definition) is 2. The van der Waals surface area contributed by atoms with E-state index < -0.39 is 5.95 Å². The molecule has 0 aliphatic heterocycles. The van der Waals surface area contributed by atoms with Crippen molar-refractivity contribution in [2.45, 2.75) is 6.42 Å². The molecule has 15 heavy (non-hydrogen) atoms. The van der Waals surface area contributed by atoms with E-state index in [2.05, 4.69) is 26.9 Å². The largest absolute Gasteiger partial charge is 0.228 e. The predicted octanol–water partition coefficient (Wildman–Crippen LogP) is 2.93. The first-order chi connectivity index (χ1) is 7.24. The smallest absolute Gasteiger partial charge is 0.226 e. The van der Waals surface area contributed by atoms with Gasteiger partial charge in [0.15, 0.2) is 0 Å². The molecule has 0 radical (unpaired) electrons. The number of azide groups is 1. The Hall–Kier alpha value is -1.76. The molecule has 76 valence electrons. The molecule has 4 nitrogen and oxygen atoms in total. The highest BCUT2D eigenvalue weighted by Gasteiger charge is 2.00. The topological polar surface area (TPSA) is 61.7 Å². The summed E-state index contributed by atoms with van der Waals surface area (Å²) in [6, 6.07) is 1.39. The third-order valence-corrected chi connectivity index (χ3v) is 1.64. The number of rotatable bonds is 2. The van der Waals surface area contributed by atoms with Crippen molar-refractivity contribution >= 4 is 11.6 Å². The van der Waals surface area contributed by atoms with Crippen molar-refractivity contribution in [1.29, 1.82) is 0 Å². The average Bonchev–Trinajstić information content (AvgIpc) is 2.23. The van der Waals surface area contributed by atoms with Crippen molar-refractivity contribution < 1.29 is 4.39 Å². The van der Waals surface area contributed by atoms with Gasteiger partial charge in [0.1, 0.15) is 0 Å². The minimum absolute atomic E-state index is 0.142. The molecule has 1 aromatic heterocycles. The van der Waals surface area contributed by atoms with E-state index in [0.717, 1.165) is 0 Å². The van der Waals surface area contributed by atoms with Gasteiger partial charge in [0.25, 0.3) is 0 Å². The monoisotopic (exact) mass is 224 g/mol. The molecule has 0 aromatic carbocycles. The van der Waals surface area contributed by atoms with E-state index in [1.165, 1.54) is 12.3 Å². The van der Waals surface area contributed by atoms with Gasteiger partial charge in [-0.1, -0.05) is 28.6 Å². The van der Waals surface area contributed by atoms with E-state index in [1.54, 1.807) is 0 Å². The molecule has 0 fully saturated rings. The molecule has 0 aliphatic rings. The van der Waals surface area contributed by atoms with Crippen LogP contribution in [0.2, 0.25) is 5.02 Å². The highest BCUT2D eigenvalue weighted by molar-refractivity contribution is 6.30. The Morgan fingerprint density at radius 1 is 1.67 bits per heavy atom. The lowest BCUT2D eigenvalue weighted by Crippen LogP contribution is -1.88. The zero-order chi connectivity index (χ0) is 11.1. The highest BCUT2D eigenvalue weighted by atomic mass is 35.5. The van der Waals surface area contributed by atoms with Crippen molar-refractivity contribution in [2.24, 2.45) is 5.11 Å². The molecule has 0 amide bonds. The van der Waals surface area contributed by atoms with Gasteiger partial charge in [-0.05, 0) is 11.6 Å². The molecule has 1 rings (SSSR count). The average molecular weight is 225 g/mol. The molecule has 0 bridgehead atoms. The van der Waals surface area contributed by atoms with Gasteiger partial charge < -0.3 is 0 Å². The molecule has 0 saturated carbocycles. The SMILES string of the molecule is [N-]=[N+]=NCCC#Cc1cc(Cl)cnc1F. The molecule has 0 saturated heterocycles. The van der Waals surface area contributed by atoms with Crippen LogP contribution in [0.5, 0.6) is 0 Å². The maximum atomic E-state index is 13.0. The molecule has 0 aliphatic carbocycles. The van der Waals surface area contributed by atoms with Crippen molar-refractivity contribution in [1.82, 2.24) is 4.98 Å². The molecular formula is C9H6ClFN4. The van der Waals surface area contributed by atoms with Crippen LogP contribution in [-0.2, 0) is 0 Å². The molecule has 0 N–H and O–H groups in total. The number of halogens is 2. The summed E-state index contributed by atoms with van der Waals surface area (Å²) >= 11 is 5.62. The summed E-state index contributed by atoms with van der Waals surface area (Å²) < 4.78 is 13.0. The Labute approximate surface area is 90.7 Å². The van der Waals surface area contributed by atoms with Gasteiger partial charge in [-0.15, -0.1) is 0 Å². The van der Waals surface area contributed by atoms with Crippen molar-refractivity contribution in [3.8, 4) is 11.8 Å². The normalized spacial score (nSPS) is 8.67. The van der Waals surface area contributed by atoms with E-state index in [1.807, 2.05) is 0 Å². The van der Waals surface area contributed by atoms with Crippen molar-refractivity contribution in [2.75, 3.05) is 6.54 Å². The second kappa shape index (κ2) is 5.86. The molecule has 1 heterocycles. The Kier molecular flexibility index (Phi) is 4.42. The van der Waals surface area contributed by atoms with Crippen LogP contribution in [0, 0.1) is 17.8 Å². The van der Waals surface area contributed by atoms with E-state index in [9.17, 15) is 4.39 Å². The number of hydrogen-bond donors (Lipinski definition) is 0. The maximum Gasteiger partial charge on any atom is 0.228 e. The van der Waals surface area contributed by atoms with Gasteiger partial charge in [-0.25, -0.2) is 4.98 Å². The summed E-state index contributed by atoms with van der Waals surface area (Å²) in [5.74, 6) is 4.55. The quantitative estimate of drug-likeness (QED) is 0.190. The van der Waals surface area contributed by atoms with Gasteiger partial charge in [0.2, 0.25) is 5.95 Å². The Bertz CT molecular complexity index is 457. The summed E-state index contributed by atoms with van der Waals surface area (Å²) in [5, 5.41) is 3.61. The van der Waals surface area contributed by atoms with Gasteiger partial charge in [0.05, 0.1) is 10.6 Å². The van der Waals surface area contributed by atoms with Crippen LogP contribution >= 0.6 is 11.6 Å². The van der Waals surface area contributed by atoms with Crippen LogP contribution in [0.25, 0.3) is 10.4 Å². The lowest BCUT2D eigenvalue weighted by atomic mass is 10.2. The Morgan fingerprint density at radius 3 is 3.20 bits per heavy atom. The van der Waals surface area contributed by atoms with E-state index in [4.69, 9.17) is 17.1 Å². The van der Waals surface area contributed by atoms with Gasteiger partial charge in [-0.2, -0.15) is 4.39 Å². The van der Waals surface area contributed by atoms with Crippen LogP contribution in [0.1, 0.15) is 12.0 Å². The Morgan fingerprint density at radius 2 is 2.47 bits per heavy atom. The van der Waals surface area contributed by atoms with Gasteiger partial charge in [0, 0.05) is 24.1 Å². The zero-order valence-electron chi connectivity index (χ0n) is 7.61. The Balaban J connectivity index is 2.70. The van der Waals surface area contributed by atoms with Gasteiger partial charge in [-0.3, -0.25) is 0 Å². The van der Waals surface area contributed by atoms with E-state index >= 15 is 0 Å². The maximum absolute atomic E-state index is 13.0. The van der Waals surface area contributed by atoms with Crippen LogP contribution in [0.4, 0.5) is 4.39 Å². The molecule has 0 spiro atoms. The second-order valence-corrected chi connectivity index (χ2v) is 2.93. The summed E-state index contributed by atoms with van der Waals surface area (Å²) in [6.45, 7) is 0.263. The number of aromatic nitrogens is 1. The van der Waals surface area contributed by atoms with Crippen molar-refractivity contribution in [3.63, 3.8) is 0 Å². The van der Waals surface area contributed by atoms with Crippen molar-refractivity contribution in [3.05, 3.63) is 39.2 Å². The highest BCUT2D eigenvalue weighted by Crippen LogP contribution is 2.10. The van der Waals surface area contributed by atoms with E-state index in [-0.39, 0.29) is 12.1 Å². The minimum Gasteiger partial charge on any atom is -0.226 e. The molecule has 0 unspecified atom stereocenters. The first-order valence-electron chi connectivity index (χ1n) is 4.05. The molecule has 6 heteroatoms. The van der Waals surface area contributed by atoms with E-state index in [0.29, 0.717) is 11.4 Å². The fraction of sp³-hybridized carbons (Fsp3) is 0.222. The lowest BCUT2D eigenvalue weighted by molar-refractivity contribution is 0.580. The number of nitrogens with zero attached hydrogens (tertiary/aromatic N) is 4. The summed E-state index contributed by atoms with van der Waals surface area (Å²) in [7, 11) is 0. The fourth-order valence-electron chi connectivity index (χ4n) is 0.819. The first-order valence-corrected chi connectivity index (χ1v) is 4.42. The lowest BCUT2D eigenvalue weighted by Gasteiger charge is -1.93. The summed E-state index contributed by atoms with van der Waals surface area (Å²) in [4.78, 5) is 5.97. The third kappa shape index (κ3) is 3.86. The predicted molar refractivity (Wildman–Crippen MR) is 54.7 cm³/mol. The number of pyridine rings is 1. The third-order valence-electron chi connectivity index (χ3n) is 1.43. The first kappa shape index (κ1) is 11.3. The van der Waals surface area contributed by atoms with Crippen LogP contribution in [-0.4, -0.2) is 11.5 Å². The fourth-order valence-corrected chi connectivity index (χ4v) is 0.976. The summed E-state index contributed by atoms with van der Waals surface area (Å²) in [5.41, 5.74) is 8.13. The zero-order valence-corrected chi connectivity index (χ0v) is 8.37. The second-order valence-electron chi connectivity index (χ2n) is 2.50. The minimum atomic E-state index is -0.657. The summed E-state index contributed by atoms with van der Waals surface area (Å²) in [6.07, 6.45) is 1.58. The molecule has 0 atom stereocenters. The molecular weight excluding hydrogens is 219 g/mol. The van der Waals surface area contributed by atoms with Gasteiger partial charge >= 0.3 is 0 Å². The van der Waals surface area contributed by atoms with Crippen LogP contribution in [0.15, 0.2) is 17.4 Å². The van der Waals surface area contributed by atoms with Crippen LogP contribution in [0.3, 0.4) is 0 Å². The molecule has 1 aromatic rings. The standard InChI is InChI=1S/C9H6ClFN4/c10-8-5-7(9(11)13-6-8)3-1-2-4-14-15-12/h5-6H,2,4H2. The van der Waals surface area contributed by atoms with Crippen LogP contribution < -0.4 is 0 Å².